The molecule has 1 aromatic rings. The van der Waals surface area contributed by atoms with Crippen LogP contribution in [0.1, 0.15) is 6.92 Å². The Balaban J connectivity index is 2.43. The second-order valence-electron chi connectivity index (χ2n) is 3.84. The summed E-state index contributed by atoms with van der Waals surface area (Å²) in [5.74, 6) is -0.256. The lowest BCUT2D eigenvalue weighted by molar-refractivity contribution is 0.114. The molecule has 3 N–H and O–H groups in total. The topological polar surface area (TPSA) is 62.3 Å². The molecule has 0 fully saturated rings. The van der Waals surface area contributed by atoms with Crippen molar-refractivity contribution in [3.8, 4) is 0 Å². The summed E-state index contributed by atoms with van der Waals surface area (Å²) in [7, 11) is 1.79. The van der Waals surface area contributed by atoms with Gasteiger partial charge in [-0.3, -0.25) is 5.41 Å². The molecule has 1 atom stereocenters. The highest BCUT2D eigenvalue weighted by atomic mass is 19.1. The van der Waals surface area contributed by atoms with Crippen LogP contribution in [0.5, 0.6) is 0 Å². The summed E-state index contributed by atoms with van der Waals surface area (Å²) in [5.41, 5.74) is 5.81. The number of nitrogens with zero attached hydrogens (tertiary/aromatic N) is 1. The van der Waals surface area contributed by atoms with Crippen molar-refractivity contribution in [2.45, 2.75) is 13.0 Å². The molecule has 0 spiro atoms. The van der Waals surface area contributed by atoms with Crippen LogP contribution >= 0.6 is 0 Å². The molecule has 0 amide bonds. The maximum Gasteiger partial charge on any atom is 0.146 e. The smallest absolute Gasteiger partial charge is 0.146 e. The third-order valence-corrected chi connectivity index (χ3v) is 2.50. The van der Waals surface area contributed by atoms with E-state index in [0.29, 0.717) is 18.8 Å². The average molecular weight is 239 g/mol. The Hall–Kier alpha value is -1.62. The van der Waals surface area contributed by atoms with Crippen molar-refractivity contribution in [2.75, 3.05) is 25.1 Å². The van der Waals surface area contributed by atoms with E-state index in [4.69, 9.17) is 15.9 Å². The van der Waals surface area contributed by atoms with E-state index in [9.17, 15) is 4.39 Å². The Morgan fingerprint density at radius 2 is 2.18 bits per heavy atom. The molecule has 0 saturated carbocycles. The van der Waals surface area contributed by atoms with E-state index in [1.54, 1.807) is 37.1 Å². The van der Waals surface area contributed by atoms with E-state index in [1.165, 1.54) is 6.07 Å². The third-order valence-electron chi connectivity index (χ3n) is 2.50. The zero-order valence-electron chi connectivity index (χ0n) is 10.1. The predicted molar refractivity (Wildman–Crippen MR) is 67.0 cm³/mol. The first-order valence-electron chi connectivity index (χ1n) is 5.43. The molecule has 0 saturated heterocycles. The number of nitrogens with two attached hydrogens (primary N) is 1. The van der Waals surface area contributed by atoms with Crippen LogP contribution in [0.15, 0.2) is 24.3 Å². The highest BCUT2D eigenvalue weighted by Crippen LogP contribution is 2.16. The van der Waals surface area contributed by atoms with Gasteiger partial charge in [0.25, 0.3) is 0 Å². The molecule has 0 aromatic heterocycles. The molecular weight excluding hydrogens is 221 g/mol. The Kier molecular flexibility index (Phi) is 4.90. The van der Waals surface area contributed by atoms with Gasteiger partial charge in [0.1, 0.15) is 17.8 Å². The van der Waals surface area contributed by atoms with E-state index in [2.05, 4.69) is 0 Å². The summed E-state index contributed by atoms with van der Waals surface area (Å²) in [6.07, 6.45) is -0.399. The lowest BCUT2D eigenvalue weighted by atomic mass is 10.3. The number of para-hydroxylation sites is 1. The number of benzene rings is 1. The fourth-order valence-corrected chi connectivity index (χ4v) is 1.34. The monoisotopic (exact) mass is 239 g/mol. The Morgan fingerprint density at radius 1 is 1.53 bits per heavy atom. The van der Waals surface area contributed by atoms with E-state index in [-0.39, 0.29) is 11.7 Å². The average Bonchev–Trinajstić information content (AvgIpc) is 2.29. The molecular formula is C12H18FN3O. The lowest BCUT2D eigenvalue weighted by Gasteiger charge is -2.21. The van der Waals surface area contributed by atoms with Crippen molar-refractivity contribution in [1.82, 2.24) is 0 Å². The summed E-state index contributed by atoms with van der Waals surface area (Å²) >= 11 is 0. The van der Waals surface area contributed by atoms with Gasteiger partial charge in [-0.05, 0) is 19.1 Å². The first-order valence-corrected chi connectivity index (χ1v) is 5.43. The summed E-state index contributed by atoms with van der Waals surface area (Å²) < 4.78 is 18.7. The van der Waals surface area contributed by atoms with E-state index < -0.39 is 6.10 Å². The van der Waals surface area contributed by atoms with Gasteiger partial charge in [0.05, 0.1) is 12.3 Å². The van der Waals surface area contributed by atoms with Crippen molar-refractivity contribution < 1.29 is 9.13 Å². The largest absolute Gasteiger partial charge is 0.385 e. The molecule has 0 radical (unpaired) electrons. The molecule has 0 heterocycles. The molecule has 1 aromatic carbocycles. The van der Waals surface area contributed by atoms with Crippen molar-refractivity contribution in [3.63, 3.8) is 0 Å². The Labute approximate surface area is 101 Å². The minimum atomic E-state index is -0.399. The number of amidine groups is 1. The van der Waals surface area contributed by atoms with Crippen molar-refractivity contribution >= 4 is 11.5 Å². The Bertz CT molecular complexity index is 384. The second-order valence-corrected chi connectivity index (χ2v) is 3.84. The zero-order valence-corrected chi connectivity index (χ0v) is 10.1. The predicted octanol–water partition coefficient (Wildman–Crippen LogP) is 1.60. The maximum atomic E-state index is 13.4. The number of rotatable bonds is 6. The SMILES string of the molecule is CC(OCCN(C)c1ccccc1F)C(=N)N. The molecule has 1 rings (SSSR count). The summed E-state index contributed by atoms with van der Waals surface area (Å²) in [6.45, 7) is 2.65. The number of anilines is 1. The highest BCUT2D eigenvalue weighted by molar-refractivity contribution is 5.81. The van der Waals surface area contributed by atoms with Crippen LogP contribution in [0.4, 0.5) is 10.1 Å². The van der Waals surface area contributed by atoms with Gasteiger partial charge < -0.3 is 15.4 Å². The third kappa shape index (κ3) is 4.03. The van der Waals surface area contributed by atoms with Crippen LogP contribution in [-0.2, 0) is 4.74 Å². The van der Waals surface area contributed by atoms with Crippen molar-refractivity contribution in [3.05, 3.63) is 30.1 Å². The minimum absolute atomic E-state index is 0.00135. The quantitative estimate of drug-likeness (QED) is 0.585. The van der Waals surface area contributed by atoms with Crippen LogP contribution in [0.25, 0.3) is 0 Å². The van der Waals surface area contributed by atoms with Crippen LogP contribution in [-0.4, -0.2) is 32.1 Å². The van der Waals surface area contributed by atoms with Crippen molar-refractivity contribution in [1.29, 1.82) is 5.41 Å². The van der Waals surface area contributed by atoms with Gasteiger partial charge in [-0.2, -0.15) is 0 Å². The molecule has 1 unspecified atom stereocenters. The lowest BCUT2D eigenvalue weighted by Crippen LogP contribution is -2.31. The molecule has 4 nitrogen and oxygen atoms in total. The van der Waals surface area contributed by atoms with Crippen LogP contribution in [0.2, 0.25) is 0 Å². The van der Waals surface area contributed by atoms with Gasteiger partial charge in [0.2, 0.25) is 0 Å². The molecule has 0 bridgehead atoms. The van der Waals surface area contributed by atoms with Gasteiger partial charge in [-0.25, -0.2) is 4.39 Å². The van der Waals surface area contributed by atoms with Crippen LogP contribution in [0, 0.1) is 11.2 Å². The molecule has 0 aliphatic rings. The number of hydrogen-bond donors (Lipinski definition) is 2. The van der Waals surface area contributed by atoms with Gasteiger partial charge in [-0.1, -0.05) is 12.1 Å². The highest BCUT2D eigenvalue weighted by Gasteiger charge is 2.08. The summed E-state index contributed by atoms with van der Waals surface area (Å²) in [5, 5.41) is 7.16. The number of likely N-dealkylation sites (N-methyl/N-ethyl adjacent to an activating group) is 1. The standard InChI is InChI=1S/C12H18FN3O/c1-9(12(14)15)17-8-7-16(2)11-6-4-3-5-10(11)13/h3-6,9H,7-8H2,1-2H3,(H3,14,15). The fourth-order valence-electron chi connectivity index (χ4n) is 1.34. The van der Waals surface area contributed by atoms with E-state index >= 15 is 0 Å². The van der Waals surface area contributed by atoms with Gasteiger partial charge in [0.15, 0.2) is 0 Å². The summed E-state index contributed by atoms with van der Waals surface area (Å²) in [6, 6.07) is 6.57. The fraction of sp³-hybridized carbons (Fsp3) is 0.417. The number of halogens is 1. The van der Waals surface area contributed by atoms with Crippen LogP contribution < -0.4 is 10.6 Å². The van der Waals surface area contributed by atoms with Crippen LogP contribution in [0.3, 0.4) is 0 Å². The number of hydrogen-bond acceptors (Lipinski definition) is 3. The molecule has 5 heteroatoms. The number of nitrogens with one attached hydrogen (secondary N) is 1. The van der Waals surface area contributed by atoms with Gasteiger partial charge in [-0.15, -0.1) is 0 Å². The van der Waals surface area contributed by atoms with Crippen molar-refractivity contribution in [2.24, 2.45) is 5.73 Å². The minimum Gasteiger partial charge on any atom is -0.385 e. The maximum absolute atomic E-state index is 13.4. The molecule has 0 aliphatic heterocycles. The molecule has 94 valence electrons. The first-order chi connectivity index (χ1) is 8.02. The second kappa shape index (κ2) is 6.20. The molecule has 0 aliphatic carbocycles. The molecule has 17 heavy (non-hydrogen) atoms. The van der Waals surface area contributed by atoms with Gasteiger partial charge in [0, 0.05) is 13.6 Å². The number of ether oxygens (including phenoxy) is 1. The summed E-state index contributed by atoms with van der Waals surface area (Å²) in [4.78, 5) is 1.77. The van der Waals surface area contributed by atoms with Gasteiger partial charge >= 0.3 is 0 Å². The van der Waals surface area contributed by atoms with E-state index in [1.807, 2.05) is 0 Å². The zero-order chi connectivity index (χ0) is 12.8. The van der Waals surface area contributed by atoms with E-state index in [0.717, 1.165) is 0 Å². The Morgan fingerprint density at radius 3 is 2.76 bits per heavy atom. The first kappa shape index (κ1) is 13.4. The normalized spacial score (nSPS) is 12.2.